The van der Waals surface area contributed by atoms with E-state index in [9.17, 15) is 17.6 Å². The van der Waals surface area contributed by atoms with Gasteiger partial charge in [0.15, 0.2) is 23.3 Å². The number of alkyl halides is 1. The van der Waals surface area contributed by atoms with Gasteiger partial charge in [-0.15, -0.1) is 0 Å². The lowest BCUT2D eigenvalue weighted by atomic mass is 9.92. The summed E-state index contributed by atoms with van der Waals surface area (Å²) in [4.78, 5) is -0.201. The molecule has 1 aromatic carbocycles. The Balaban J connectivity index is 2.37. The summed E-state index contributed by atoms with van der Waals surface area (Å²) in [6, 6.07) is 0. The first-order chi connectivity index (χ1) is 8.04. The van der Waals surface area contributed by atoms with Gasteiger partial charge in [0.2, 0.25) is 0 Å². The number of fused-ring (bicyclic) bond motifs is 5. The zero-order valence-corrected chi connectivity index (χ0v) is 10.1. The number of benzene rings is 1. The van der Waals surface area contributed by atoms with E-state index < -0.39 is 29.2 Å². The Morgan fingerprint density at radius 1 is 0.941 bits per heavy atom. The normalized spacial score (nSPS) is 29.6. The topological polar surface area (TPSA) is 0 Å². The highest BCUT2D eigenvalue weighted by Crippen LogP contribution is 2.53. The Morgan fingerprint density at radius 2 is 1.53 bits per heavy atom. The second-order valence-corrected chi connectivity index (χ2v) is 5.38. The average molecular weight is 307 g/mol. The third kappa shape index (κ3) is 1.29. The van der Waals surface area contributed by atoms with E-state index >= 15 is 0 Å². The molecule has 0 unspecified atom stereocenters. The summed E-state index contributed by atoms with van der Waals surface area (Å²) in [6.45, 7) is 0. The lowest BCUT2D eigenvalue weighted by Crippen LogP contribution is -2.13. The molecule has 0 N–H and O–H groups in total. The zero-order valence-electron chi connectivity index (χ0n) is 8.48. The average Bonchev–Trinajstić information content (AvgIpc) is 2.51. The van der Waals surface area contributed by atoms with Crippen molar-refractivity contribution in [3.05, 3.63) is 46.5 Å². The van der Waals surface area contributed by atoms with Crippen molar-refractivity contribution in [2.75, 3.05) is 0 Å². The molecule has 2 aliphatic rings. The molecule has 3 rings (SSSR count). The standard InChI is InChI=1S/C12H7BrF4/c13-8-4-2-1-3-5(8)7-6(4)9(14)11(16)12(17)10(7)15/h1-2,4-5,8H,3H2/t4-,5-,8+/m1/s1. The van der Waals surface area contributed by atoms with Crippen LogP contribution in [-0.4, -0.2) is 4.83 Å². The van der Waals surface area contributed by atoms with Gasteiger partial charge < -0.3 is 0 Å². The Kier molecular flexibility index (Phi) is 2.37. The van der Waals surface area contributed by atoms with E-state index in [1.165, 1.54) is 0 Å². The predicted molar refractivity (Wildman–Crippen MR) is 58.2 cm³/mol. The maximum Gasteiger partial charge on any atom is 0.197 e. The molecule has 3 atom stereocenters. The monoisotopic (exact) mass is 306 g/mol. The van der Waals surface area contributed by atoms with Gasteiger partial charge in [-0.2, -0.15) is 0 Å². The van der Waals surface area contributed by atoms with E-state index in [2.05, 4.69) is 15.9 Å². The number of allylic oxidation sites excluding steroid dienone is 2. The molecular weight excluding hydrogens is 300 g/mol. The van der Waals surface area contributed by atoms with E-state index in [1.54, 1.807) is 12.2 Å². The third-order valence-electron chi connectivity index (χ3n) is 3.51. The molecule has 5 heteroatoms. The molecule has 0 saturated heterocycles. The summed E-state index contributed by atoms with van der Waals surface area (Å²) in [7, 11) is 0. The molecule has 0 heterocycles. The van der Waals surface area contributed by atoms with Gasteiger partial charge in [0.25, 0.3) is 0 Å². The van der Waals surface area contributed by atoms with Crippen molar-refractivity contribution in [2.24, 2.45) is 0 Å². The van der Waals surface area contributed by atoms with Crippen molar-refractivity contribution >= 4 is 15.9 Å². The lowest BCUT2D eigenvalue weighted by Gasteiger charge is -2.20. The fourth-order valence-electron chi connectivity index (χ4n) is 2.74. The van der Waals surface area contributed by atoms with Gasteiger partial charge in [-0.25, -0.2) is 17.6 Å². The summed E-state index contributed by atoms with van der Waals surface area (Å²) >= 11 is 3.35. The highest BCUT2D eigenvalue weighted by atomic mass is 79.9. The summed E-state index contributed by atoms with van der Waals surface area (Å²) in [5, 5.41) is 0. The molecule has 90 valence electrons. The Bertz CT molecular complexity index is 538. The van der Waals surface area contributed by atoms with E-state index in [-0.39, 0.29) is 21.9 Å². The van der Waals surface area contributed by atoms with Crippen molar-refractivity contribution in [2.45, 2.75) is 23.1 Å². The van der Waals surface area contributed by atoms with Crippen LogP contribution in [0.3, 0.4) is 0 Å². The Morgan fingerprint density at radius 3 is 2.18 bits per heavy atom. The molecule has 0 spiro atoms. The minimum atomic E-state index is -1.72. The van der Waals surface area contributed by atoms with Crippen LogP contribution in [0.5, 0.6) is 0 Å². The molecule has 17 heavy (non-hydrogen) atoms. The van der Waals surface area contributed by atoms with E-state index in [4.69, 9.17) is 0 Å². The fraction of sp³-hybridized carbons (Fsp3) is 0.333. The van der Waals surface area contributed by atoms with Crippen molar-refractivity contribution in [3.8, 4) is 0 Å². The van der Waals surface area contributed by atoms with E-state index in [0.717, 1.165) is 0 Å². The number of halogens is 5. The predicted octanol–water partition coefficient (Wildman–Crippen LogP) is 4.15. The van der Waals surface area contributed by atoms with Crippen LogP contribution in [0.25, 0.3) is 0 Å². The fourth-order valence-corrected chi connectivity index (χ4v) is 3.67. The third-order valence-corrected chi connectivity index (χ3v) is 4.71. The van der Waals surface area contributed by atoms with Gasteiger partial charge in [0.05, 0.1) is 0 Å². The molecule has 0 nitrogen and oxygen atoms in total. The molecule has 2 bridgehead atoms. The summed E-state index contributed by atoms with van der Waals surface area (Å²) in [6.07, 6.45) is 4.00. The van der Waals surface area contributed by atoms with Gasteiger partial charge >= 0.3 is 0 Å². The van der Waals surface area contributed by atoms with Crippen LogP contribution in [-0.2, 0) is 0 Å². The van der Waals surface area contributed by atoms with Crippen LogP contribution in [0.15, 0.2) is 12.2 Å². The first-order valence-corrected chi connectivity index (χ1v) is 6.12. The van der Waals surface area contributed by atoms with Crippen molar-refractivity contribution < 1.29 is 17.6 Å². The number of rotatable bonds is 0. The molecular formula is C12H7BrF4. The maximum absolute atomic E-state index is 13.7. The number of hydrogen-bond donors (Lipinski definition) is 0. The largest absolute Gasteiger partial charge is 0.203 e. The summed E-state index contributed by atoms with van der Waals surface area (Å²) in [5.41, 5.74) is -0.0553. The van der Waals surface area contributed by atoms with Gasteiger partial charge in [0, 0.05) is 27.8 Å². The van der Waals surface area contributed by atoms with Crippen LogP contribution in [0.4, 0.5) is 17.6 Å². The van der Waals surface area contributed by atoms with Crippen LogP contribution >= 0.6 is 15.9 Å². The number of hydrogen-bond acceptors (Lipinski definition) is 0. The van der Waals surface area contributed by atoms with Gasteiger partial charge in [0.1, 0.15) is 0 Å². The van der Waals surface area contributed by atoms with Gasteiger partial charge in [-0.05, 0) is 6.42 Å². The minimum absolute atomic E-state index is 0.0155. The molecule has 1 aromatic rings. The first-order valence-electron chi connectivity index (χ1n) is 5.20. The first kappa shape index (κ1) is 11.3. The van der Waals surface area contributed by atoms with Crippen LogP contribution in [0.2, 0.25) is 0 Å². The zero-order chi connectivity index (χ0) is 12.3. The molecule has 0 saturated carbocycles. The minimum Gasteiger partial charge on any atom is -0.203 e. The van der Waals surface area contributed by atoms with Crippen molar-refractivity contribution in [1.82, 2.24) is 0 Å². The molecule has 0 amide bonds. The van der Waals surface area contributed by atoms with Gasteiger partial charge in [-0.1, -0.05) is 28.1 Å². The quantitative estimate of drug-likeness (QED) is 0.222. The molecule has 0 radical (unpaired) electrons. The Hall–Kier alpha value is -0.840. The van der Waals surface area contributed by atoms with Crippen LogP contribution in [0, 0.1) is 23.3 Å². The summed E-state index contributed by atoms with van der Waals surface area (Å²) < 4.78 is 53.9. The molecule has 2 aliphatic carbocycles. The second-order valence-electron chi connectivity index (χ2n) is 4.32. The SMILES string of the molecule is Fc1c(F)c(F)c2c(c1F)[C@H]1C=CC[C@H]2[C@H]1Br. The molecule has 0 fully saturated rings. The lowest BCUT2D eigenvalue weighted by molar-refractivity contribution is 0.400. The van der Waals surface area contributed by atoms with Crippen molar-refractivity contribution in [1.29, 1.82) is 0 Å². The highest BCUT2D eigenvalue weighted by molar-refractivity contribution is 9.09. The van der Waals surface area contributed by atoms with Gasteiger partial charge in [-0.3, -0.25) is 0 Å². The van der Waals surface area contributed by atoms with Crippen LogP contribution in [0.1, 0.15) is 29.4 Å². The molecule has 0 aliphatic heterocycles. The van der Waals surface area contributed by atoms with Crippen molar-refractivity contribution in [3.63, 3.8) is 0 Å². The van der Waals surface area contributed by atoms with Crippen LogP contribution < -0.4 is 0 Å². The smallest absolute Gasteiger partial charge is 0.197 e. The molecule has 0 aromatic heterocycles. The summed E-state index contributed by atoms with van der Waals surface area (Å²) in [5.74, 6) is -6.70. The maximum atomic E-state index is 13.7. The Labute approximate surface area is 103 Å². The van der Waals surface area contributed by atoms with E-state index in [1.807, 2.05) is 0 Å². The second kappa shape index (κ2) is 3.57. The highest BCUT2D eigenvalue weighted by Gasteiger charge is 2.45. The van der Waals surface area contributed by atoms with E-state index in [0.29, 0.717) is 6.42 Å².